The van der Waals surface area contributed by atoms with Crippen LogP contribution in [0, 0.1) is 0 Å². The Bertz CT molecular complexity index is 872. The number of carbonyl (C=O) groups is 1. The zero-order valence-corrected chi connectivity index (χ0v) is 17.2. The molecule has 0 saturated carbocycles. The first kappa shape index (κ1) is 18.5. The summed E-state index contributed by atoms with van der Waals surface area (Å²) in [5.41, 5.74) is 2.35. The van der Waals surface area contributed by atoms with Gasteiger partial charge in [0, 0.05) is 37.2 Å². The molecule has 0 radical (unpaired) electrons. The maximum absolute atomic E-state index is 12.3. The molecule has 2 heterocycles. The standard InChI is InChI=1S/C21H20BrN3OS/c22-18-8-6-16(7-9-18)14-19-20(26)23-21(27-19)25-12-10-24(11-13-25)15-17-4-2-1-3-5-17/h1-9,14H,10-13,15H2/b19-14+. The number of benzene rings is 2. The van der Waals surface area contributed by atoms with Crippen molar-refractivity contribution in [2.45, 2.75) is 6.54 Å². The minimum Gasteiger partial charge on any atom is -0.348 e. The van der Waals surface area contributed by atoms with Crippen molar-refractivity contribution in [1.82, 2.24) is 9.80 Å². The van der Waals surface area contributed by atoms with Crippen molar-refractivity contribution in [1.29, 1.82) is 0 Å². The van der Waals surface area contributed by atoms with E-state index in [9.17, 15) is 4.79 Å². The Labute approximate surface area is 172 Å². The second kappa shape index (κ2) is 8.42. The summed E-state index contributed by atoms with van der Waals surface area (Å²) in [6.45, 7) is 4.74. The summed E-state index contributed by atoms with van der Waals surface area (Å²) >= 11 is 4.92. The molecule has 4 nitrogen and oxygen atoms in total. The summed E-state index contributed by atoms with van der Waals surface area (Å²) in [6.07, 6.45) is 1.92. The van der Waals surface area contributed by atoms with Crippen LogP contribution in [-0.2, 0) is 11.3 Å². The Morgan fingerprint density at radius 3 is 2.41 bits per heavy atom. The molecular formula is C21H20BrN3OS. The number of carbonyl (C=O) groups excluding carboxylic acids is 1. The summed E-state index contributed by atoms with van der Waals surface area (Å²) in [4.78, 5) is 21.9. The largest absolute Gasteiger partial charge is 0.348 e. The van der Waals surface area contributed by atoms with Gasteiger partial charge in [-0.15, -0.1) is 0 Å². The lowest BCUT2D eigenvalue weighted by Gasteiger charge is -2.35. The van der Waals surface area contributed by atoms with Crippen LogP contribution >= 0.6 is 27.7 Å². The lowest BCUT2D eigenvalue weighted by Crippen LogP contribution is -2.47. The predicted octanol–water partition coefficient (Wildman–Crippen LogP) is 4.24. The van der Waals surface area contributed by atoms with Crippen LogP contribution in [0.25, 0.3) is 6.08 Å². The van der Waals surface area contributed by atoms with Gasteiger partial charge in [0.1, 0.15) is 0 Å². The minimum absolute atomic E-state index is 0.135. The van der Waals surface area contributed by atoms with Gasteiger partial charge >= 0.3 is 0 Å². The quantitative estimate of drug-likeness (QED) is 0.667. The van der Waals surface area contributed by atoms with E-state index in [4.69, 9.17) is 0 Å². The third-order valence-electron chi connectivity index (χ3n) is 4.67. The Hall–Kier alpha value is -1.89. The second-order valence-electron chi connectivity index (χ2n) is 6.61. The maximum Gasteiger partial charge on any atom is 0.286 e. The second-order valence-corrected chi connectivity index (χ2v) is 8.54. The molecule has 0 N–H and O–H groups in total. The van der Waals surface area contributed by atoms with Crippen LogP contribution in [0.2, 0.25) is 0 Å². The number of piperazine rings is 1. The zero-order valence-electron chi connectivity index (χ0n) is 14.8. The van der Waals surface area contributed by atoms with Crippen LogP contribution in [0.3, 0.4) is 0 Å². The van der Waals surface area contributed by atoms with Gasteiger partial charge in [-0.25, -0.2) is 0 Å². The molecule has 0 unspecified atom stereocenters. The summed E-state index contributed by atoms with van der Waals surface area (Å²) in [5.74, 6) is -0.135. The van der Waals surface area contributed by atoms with Crippen molar-refractivity contribution in [2.24, 2.45) is 4.99 Å². The van der Waals surface area contributed by atoms with E-state index in [2.05, 4.69) is 55.0 Å². The van der Waals surface area contributed by atoms with Gasteiger partial charge < -0.3 is 4.90 Å². The molecule has 138 valence electrons. The molecule has 1 amide bonds. The SMILES string of the molecule is O=C1N=C(N2CCN(Cc3ccccc3)CC2)S/C1=C/c1ccc(Br)cc1. The molecule has 0 bridgehead atoms. The molecule has 2 aromatic rings. The summed E-state index contributed by atoms with van der Waals surface area (Å²) in [5, 5.41) is 0.836. The van der Waals surface area contributed by atoms with Crippen molar-refractivity contribution < 1.29 is 4.79 Å². The monoisotopic (exact) mass is 441 g/mol. The molecule has 0 aromatic heterocycles. The topological polar surface area (TPSA) is 35.9 Å². The van der Waals surface area contributed by atoms with Gasteiger partial charge in [0.05, 0.1) is 4.91 Å². The van der Waals surface area contributed by atoms with Crippen LogP contribution in [0.4, 0.5) is 0 Å². The van der Waals surface area contributed by atoms with E-state index >= 15 is 0 Å². The lowest BCUT2D eigenvalue weighted by molar-refractivity contribution is -0.113. The summed E-state index contributed by atoms with van der Waals surface area (Å²) < 4.78 is 1.03. The molecule has 4 rings (SSSR count). The molecule has 2 aliphatic heterocycles. The van der Waals surface area contributed by atoms with E-state index in [1.807, 2.05) is 36.4 Å². The third kappa shape index (κ3) is 4.69. The normalized spacial score (nSPS) is 19.6. The molecule has 0 spiro atoms. The van der Waals surface area contributed by atoms with Crippen LogP contribution in [-0.4, -0.2) is 47.1 Å². The fourth-order valence-corrected chi connectivity index (χ4v) is 4.41. The van der Waals surface area contributed by atoms with Crippen LogP contribution in [0.1, 0.15) is 11.1 Å². The Morgan fingerprint density at radius 1 is 1.00 bits per heavy atom. The highest BCUT2D eigenvalue weighted by molar-refractivity contribution is 9.10. The number of halogens is 1. The van der Waals surface area contributed by atoms with E-state index in [0.29, 0.717) is 4.91 Å². The smallest absolute Gasteiger partial charge is 0.286 e. The Kier molecular flexibility index (Phi) is 5.76. The number of rotatable bonds is 3. The number of amidine groups is 1. The minimum atomic E-state index is -0.135. The highest BCUT2D eigenvalue weighted by Gasteiger charge is 2.28. The first-order valence-electron chi connectivity index (χ1n) is 8.97. The molecule has 27 heavy (non-hydrogen) atoms. The van der Waals surface area contributed by atoms with Gasteiger partial charge in [-0.1, -0.05) is 58.4 Å². The van der Waals surface area contributed by atoms with Gasteiger partial charge in [-0.3, -0.25) is 9.69 Å². The fourth-order valence-electron chi connectivity index (χ4n) is 3.18. The number of hydrogen-bond acceptors (Lipinski definition) is 4. The fraction of sp³-hybridized carbons (Fsp3) is 0.238. The average molecular weight is 442 g/mol. The van der Waals surface area contributed by atoms with Crippen molar-refractivity contribution in [3.05, 3.63) is 75.1 Å². The van der Waals surface area contributed by atoms with Gasteiger partial charge in [0.2, 0.25) is 0 Å². The molecule has 6 heteroatoms. The van der Waals surface area contributed by atoms with Gasteiger partial charge in [-0.2, -0.15) is 4.99 Å². The van der Waals surface area contributed by atoms with Crippen LogP contribution in [0.5, 0.6) is 0 Å². The molecule has 0 atom stereocenters. The highest BCUT2D eigenvalue weighted by Crippen LogP contribution is 2.31. The number of hydrogen-bond donors (Lipinski definition) is 0. The molecule has 2 aromatic carbocycles. The van der Waals surface area contributed by atoms with Crippen molar-refractivity contribution in [3.8, 4) is 0 Å². The molecular weight excluding hydrogens is 422 g/mol. The van der Waals surface area contributed by atoms with Crippen LogP contribution in [0.15, 0.2) is 69.0 Å². The zero-order chi connectivity index (χ0) is 18.6. The predicted molar refractivity (Wildman–Crippen MR) is 115 cm³/mol. The molecule has 0 aliphatic carbocycles. The molecule has 1 saturated heterocycles. The average Bonchev–Trinajstić information content (AvgIpc) is 3.05. The van der Waals surface area contributed by atoms with Gasteiger partial charge in [0.15, 0.2) is 5.17 Å². The Balaban J connectivity index is 1.34. The highest BCUT2D eigenvalue weighted by atomic mass is 79.9. The molecule has 2 aliphatic rings. The van der Waals surface area contributed by atoms with Crippen LogP contribution < -0.4 is 0 Å². The van der Waals surface area contributed by atoms with Gasteiger partial charge in [0.25, 0.3) is 5.91 Å². The van der Waals surface area contributed by atoms with Crippen molar-refractivity contribution >= 4 is 44.8 Å². The Morgan fingerprint density at radius 2 is 1.70 bits per heavy atom. The number of aliphatic imine (C=N–C) groups is 1. The number of nitrogens with zero attached hydrogens (tertiary/aromatic N) is 3. The number of amides is 1. The number of thioether (sulfide) groups is 1. The summed E-state index contributed by atoms with van der Waals surface area (Å²) in [6, 6.07) is 18.5. The van der Waals surface area contributed by atoms with E-state index in [-0.39, 0.29) is 5.91 Å². The van der Waals surface area contributed by atoms with E-state index in [1.54, 1.807) is 0 Å². The molecule has 1 fully saturated rings. The van der Waals surface area contributed by atoms with E-state index in [1.165, 1.54) is 17.3 Å². The summed E-state index contributed by atoms with van der Waals surface area (Å²) in [7, 11) is 0. The first-order valence-corrected chi connectivity index (χ1v) is 10.6. The maximum atomic E-state index is 12.3. The van der Waals surface area contributed by atoms with E-state index < -0.39 is 0 Å². The van der Waals surface area contributed by atoms with E-state index in [0.717, 1.165) is 47.9 Å². The lowest BCUT2D eigenvalue weighted by atomic mass is 10.2. The third-order valence-corrected chi connectivity index (χ3v) is 6.24. The first-order chi connectivity index (χ1) is 13.2. The van der Waals surface area contributed by atoms with Gasteiger partial charge in [-0.05, 0) is 41.1 Å². The van der Waals surface area contributed by atoms with Crippen molar-refractivity contribution in [3.63, 3.8) is 0 Å². The van der Waals surface area contributed by atoms with Crippen molar-refractivity contribution in [2.75, 3.05) is 26.2 Å².